The third-order valence-electron chi connectivity index (χ3n) is 3.01. The Morgan fingerprint density at radius 3 is 2.40 bits per heavy atom. The first-order valence-electron chi connectivity index (χ1n) is 6.17. The van der Waals surface area contributed by atoms with Gasteiger partial charge >= 0.3 is 0 Å². The van der Waals surface area contributed by atoms with Crippen LogP contribution in [0, 0.1) is 0 Å². The molecule has 2 aromatic rings. The van der Waals surface area contributed by atoms with Crippen molar-refractivity contribution in [2.24, 2.45) is 5.73 Å². The lowest BCUT2D eigenvalue weighted by atomic mass is 10.1. The Balaban J connectivity index is 2.45. The maximum absolute atomic E-state index is 12.3. The fourth-order valence-corrected chi connectivity index (χ4v) is 3.66. The SMILES string of the molecule is CC(C)(CN)NS(=O)(=O)c1ccc2cc(Br)ccc2c1. The molecule has 0 heterocycles. The number of benzene rings is 2. The highest BCUT2D eigenvalue weighted by molar-refractivity contribution is 9.10. The van der Waals surface area contributed by atoms with Crippen molar-refractivity contribution in [1.29, 1.82) is 0 Å². The van der Waals surface area contributed by atoms with Crippen molar-refractivity contribution in [3.63, 3.8) is 0 Å². The number of hydrogen-bond acceptors (Lipinski definition) is 3. The molecular weight excluding hydrogens is 340 g/mol. The molecule has 0 amide bonds. The summed E-state index contributed by atoms with van der Waals surface area (Å²) in [7, 11) is -3.57. The van der Waals surface area contributed by atoms with E-state index in [0.29, 0.717) is 0 Å². The average Bonchev–Trinajstić information content (AvgIpc) is 2.37. The molecule has 0 unspecified atom stereocenters. The third kappa shape index (κ3) is 3.38. The molecule has 2 aromatic carbocycles. The molecule has 0 saturated carbocycles. The summed E-state index contributed by atoms with van der Waals surface area (Å²) in [6.07, 6.45) is 0. The van der Waals surface area contributed by atoms with Crippen molar-refractivity contribution in [2.45, 2.75) is 24.3 Å². The summed E-state index contributed by atoms with van der Waals surface area (Å²) in [5, 5.41) is 1.86. The van der Waals surface area contributed by atoms with Gasteiger partial charge < -0.3 is 5.73 Å². The number of fused-ring (bicyclic) bond motifs is 1. The van der Waals surface area contributed by atoms with Crippen molar-refractivity contribution in [1.82, 2.24) is 4.72 Å². The number of hydrogen-bond donors (Lipinski definition) is 2. The lowest BCUT2D eigenvalue weighted by Crippen LogP contribution is -2.48. The van der Waals surface area contributed by atoms with Gasteiger partial charge in [-0.1, -0.05) is 28.1 Å². The normalized spacial score (nSPS) is 12.8. The molecule has 0 aliphatic carbocycles. The van der Waals surface area contributed by atoms with Crippen LogP contribution in [0.3, 0.4) is 0 Å². The minimum atomic E-state index is -3.57. The molecule has 0 spiro atoms. The second kappa shape index (κ2) is 5.44. The number of nitrogens with two attached hydrogens (primary N) is 1. The van der Waals surface area contributed by atoms with Gasteiger partial charge in [-0.15, -0.1) is 0 Å². The van der Waals surface area contributed by atoms with Crippen LogP contribution >= 0.6 is 15.9 Å². The molecule has 108 valence electrons. The highest BCUT2D eigenvalue weighted by Gasteiger charge is 2.24. The van der Waals surface area contributed by atoms with Crippen LogP contribution in [-0.4, -0.2) is 20.5 Å². The van der Waals surface area contributed by atoms with Crippen LogP contribution in [0.5, 0.6) is 0 Å². The average molecular weight is 357 g/mol. The van der Waals surface area contributed by atoms with E-state index in [-0.39, 0.29) is 11.4 Å². The molecule has 0 fully saturated rings. The minimum absolute atomic E-state index is 0.229. The maximum atomic E-state index is 12.3. The topological polar surface area (TPSA) is 72.2 Å². The molecule has 0 aromatic heterocycles. The molecule has 0 aliphatic heterocycles. The summed E-state index contributed by atoms with van der Waals surface area (Å²) in [6, 6.07) is 10.8. The Kier molecular flexibility index (Phi) is 4.20. The molecule has 2 rings (SSSR count). The van der Waals surface area contributed by atoms with Gasteiger partial charge in [0, 0.05) is 16.6 Å². The van der Waals surface area contributed by atoms with E-state index in [2.05, 4.69) is 20.7 Å². The zero-order valence-corrected chi connectivity index (χ0v) is 13.8. The highest BCUT2D eigenvalue weighted by atomic mass is 79.9. The molecule has 6 heteroatoms. The summed E-state index contributed by atoms with van der Waals surface area (Å²) in [6.45, 7) is 3.73. The van der Waals surface area contributed by atoms with E-state index < -0.39 is 15.6 Å². The molecule has 0 atom stereocenters. The van der Waals surface area contributed by atoms with Crippen LogP contribution in [0.4, 0.5) is 0 Å². The molecule has 20 heavy (non-hydrogen) atoms. The van der Waals surface area contributed by atoms with E-state index in [4.69, 9.17) is 5.73 Å². The third-order valence-corrected chi connectivity index (χ3v) is 5.19. The lowest BCUT2D eigenvalue weighted by molar-refractivity contribution is 0.462. The second-order valence-corrected chi connectivity index (χ2v) is 7.94. The second-order valence-electron chi connectivity index (χ2n) is 5.35. The van der Waals surface area contributed by atoms with Crippen LogP contribution in [0.1, 0.15) is 13.8 Å². The van der Waals surface area contributed by atoms with E-state index in [9.17, 15) is 8.42 Å². The Morgan fingerprint density at radius 1 is 1.15 bits per heavy atom. The Labute approximate surface area is 127 Å². The first kappa shape index (κ1) is 15.4. The van der Waals surface area contributed by atoms with Crippen molar-refractivity contribution in [3.05, 3.63) is 40.9 Å². The van der Waals surface area contributed by atoms with Gasteiger partial charge in [-0.25, -0.2) is 13.1 Å². The molecule has 4 nitrogen and oxygen atoms in total. The van der Waals surface area contributed by atoms with Crippen LogP contribution in [0.25, 0.3) is 10.8 Å². The molecular formula is C14H17BrN2O2S. The Hall–Kier alpha value is -0.950. The fraction of sp³-hybridized carbons (Fsp3) is 0.286. The van der Waals surface area contributed by atoms with Gasteiger partial charge in [0.25, 0.3) is 0 Å². The summed E-state index contributed by atoms with van der Waals surface area (Å²) in [5.41, 5.74) is 4.89. The van der Waals surface area contributed by atoms with E-state index in [1.807, 2.05) is 18.2 Å². The van der Waals surface area contributed by atoms with Crippen molar-refractivity contribution < 1.29 is 8.42 Å². The lowest BCUT2D eigenvalue weighted by Gasteiger charge is -2.23. The molecule has 0 saturated heterocycles. The van der Waals surface area contributed by atoms with Crippen molar-refractivity contribution >= 4 is 36.7 Å². The van der Waals surface area contributed by atoms with E-state index >= 15 is 0 Å². The summed E-state index contributed by atoms with van der Waals surface area (Å²) >= 11 is 3.40. The summed E-state index contributed by atoms with van der Waals surface area (Å²) < 4.78 is 28.3. The van der Waals surface area contributed by atoms with Crippen LogP contribution < -0.4 is 10.5 Å². The van der Waals surface area contributed by atoms with Gasteiger partial charge in [-0.3, -0.25) is 0 Å². The first-order chi connectivity index (χ1) is 9.23. The summed E-state index contributed by atoms with van der Waals surface area (Å²) in [4.78, 5) is 0.244. The number of nitrogens with one attached hydrogen (secondary N) is 1. The zero-order chi connectivity index (χ0) is 15.0. The summed E-state index contributed by atoms with van der Waals surface area (Å²) in [5.74, 6) is 0. The molecule has 3 N–H and O–H groups in total. The van der Waals surface area contributed by atoms with Gasteiger partial charge in [0.05, 0.1) is 4.90 Å². The maximum Gasteiger partial charge on any atom is 0.241 e. The minimum Gasteiger partial charge on any atom is -0.329 e. The highest BCUT2D eigenvalue weighted by Crippen LogP contribution is 2.23. The quantitative estimate of drug-likeness (QED) is 0.884. The monoisotopic (exact) mass is 356 g/mol. The van der Waals surface area contributed by atoms with Crippen molar-refractivity contribution in [3.8, 4) is 0 Å². The smallest absolute Gasteiger partial charge is 0.241 e. The largest absolute Gasteiger partial charge is 0.329 e. The molecule has 0 radical (unpaired) electrons. The van der Waals surface area contributed by atoms with Gasteiger partial charge in [0.2, 0.25) is 10.0 Å². The Morgan fingerprint density at radius 2 is 1.75 bits per heavy atom. The van der Waals surface area contributed by atoms with E-state index in [1.54, 1.807) is 32.0 Å². The van der Waals surface area contributed by atoms with E-state index in [1.165, 1.54) is 0 Å². The Bertz CT molecular complexity index is 742. The van der Waals surface area contributed by atoms with Crippen LogP contribution in [-0.2, 0) is 10.0 Å². The van der Waals surface area contributed by atoms with E-state index in [0.717, 1.165) is 15.2 Å². The number of sulfonamides is 1. The predicted molar refractivity (Wildman–Crippen MR) is 85.1 cm³/mol. The van der Waals surface area contributed by atoms with Gasteiger partial charge in [-0.05, 0) is 48.9 Å². The number of rotatable bonds is 4. The van der Waals surface area contributed by atoms with Gasteiger partial charge in [-0.2, -0.15) is 0 Å². The van der Waals surface area contributed by atoms with Crippen LogP contribution in [0.15, 0.2) is 45.8 Å². The standard InChI is InChI=1S/C14H17BrN2O2S/c1-14(2,9-16)17-20(18,19)13-6-4-10-7-12(15)5-3-11(10)8-13/h3-8,17H,9,16H2,1-2H3. The van der Waals surface area contributed by atoms with Gasteiger partial charge in [0.15, 0.2) is 0 Å². The number of halogens is 1. The van der Waals surface area contributed by atoms with Gasteiger partial charge in [0.1, 0.15) is 0 Å². The fourth-order valence-electron chi connectivity index (χ4n) is 1.83. The first-order valence-corrected chi connectivity index (χ1v) is 8.44. The molecule has 0 bridgehead atoms. The van der Waals surface area contributed by atoms with Crippen LogP contribution in [0.2, 0.25) is 0 Å². The van der Waals surface area contributed by atoms with Crippen molar-refractivity contribution in [2.75, 3.05) is 6.54 Å². The molecule has 0 aliphatic rings. The zero-order valence-electron chi connectivity index (χ0n) is 11.4. The predicted octanol–water partition coefficient (Wildman–Crippen LogP) is 2.62.